The lowest BCUT2D eigenvalue weighted by atomic mass is 9.95. The minimum atomic E-state index is -4.87. The Morgan fingerprint density at radius 2 is 1.75 bits per heavy atom. The molecule has 0 unspecified atom stereocenters. The van der Waals surface area contributed by atoms with E-state index in [9.17, 15) is 36.6 Å². The molecule has 9 nitrogen and oxygen atoms in total. The fourth-order valence-electron chi connectivity index (χ4n) is 5.09. The number of carbonyl (C=O) groups is 1. The van der Waals surface area contributed by atoms with Crippen LogP contribution in [-0.4, -0.2) is 98.0 Å². The molecule has 4 rings (SSSR count). The van der Waals surface area contributed by atoms with Crippen LogP contribution in [0, 0.1) is 0 Å². The number of alkyl halides is 3. The molecule has 2 saturated heterocycles. The van der Waals surface area contributed by atoms with Gasteiger partial charge in [-0.2, -0.15) is 17.5 Å². The number of aliphatic hydroxyl groups is 1. The molecule has 0 saturated carbocycles. The predicted octanol–water partition coefficient (Wildman–Crippen LogP) is 2.80. The van der Waals surface area contributed by atoms with Gasteiger partial charge in [0.05, 0.1) is 30.6 Å². The molecule has 2 aliphatic rings. The van der Waals surface area contributed by atoms with Gasteiger partial charge in [0.15, 0.2) is 5.60 Å². The molecular formula is C26H32F3N3O6S2. The lowest BCUT2D eigenvalue weighted by Crippen LogP contribution is -2.60. The van der Waals surface area contributed by atoms with Crippen LogP contribution in [0.2, 0.25) is 0 Å². The Balaban J connectivity index is 1.64. The van der Waals surface area contributed by atoms with E-state index in [2.05, 4.69) is 12.6 Å². The number of anilines is 1. The van der Waals surface area contributed by atoms with E-state index in [1.54, 1.807) is 18.2 Å². The van der Waals surface area contributed by atoms with Crippen molar-refractivity contribution in [2.45, 2.75) is 47.0 Å². The van der Waals surface area contributed by atoms with E-state index in [-0.39, 0.29) is 43.1 Å². The van der Waals surface area contributed by atoms with Gasteiger partial charge in [-0.25, -0.2) is 8.42 Å². The van der Waals surface area contributed by atoms with Gasteiger partial charge in [-0.1, -0.05) is 24.3 Å². The number of hydrogen-bond donors (Lipinski definition) is 3. The van der Waals surface area contributed by atoms with E-state index in [1.165, 1.54) is 34.6 Å². The van der Waals surface area contributed by atoms with Crippen molar-refractivity contribution < 1.29 is 41.3 Å². The smallest absolute Gasteiger partial charge is 0.421 e. The van der Waals surface area contributed by atoms with Crippen molar-refractivity contribution in [1.29, 1.82) is 0 Å². The summed E-state index contributed by atoms with van der Waals surface area (Å²) in [5.41, 5.74) is -2.79. The van der Waals surface area contributed by atoms with E-state index in [4.69, 9.17) is 4.74 Å². The number of rotatable bonds is 8. The molecule has 0 amide bonds. The standard InChI is InChI=1S/C26H32F3N3O6S2/c1-25(35,26(27,28)29)18-6-8-19(9-7-18)32-11-10-31(40(36,37)23-5-3-2-4-22(23)39)16-21(32)15-30-12-13-38-17-20(30)14-24(33)34/h2-9,20-21,35,39H,10-17H2,1H3,(H,33,34)/t20-,21-,25-/m0/s1. The van der Waals surface area contributed by atoms with Gasteiger partial charge >= 0.3 is 12.1 Å². The second-order valence-corrected chi connectivity index (χ2v) is 12.5. The number of thiol groups is 1. The molecule has 40 heavy (non-hydrogen) atoms. The van der Waals surface area contributed by atoms with Gasteiger partial charge in [0, 0.05) is 49.3 Å². The largest absolute Gasteiger partial charge is 0.481 e. The summed E-state index contributed by atoms with van der Waals surface area (Å²) in [6.07, 6.45) is -5.02. The first-order valence-corrected chi connectivity index (χ1v) is 14.6. The maximum absolute atomic E-state index is 13.6. The summed E-state index contributed by atoms with van der Waals surface area (Å²) in [5.74, 6) is -0.983. The normalized spacial score (nSPS) is 23.1. The molecule has 14 heteroatoms. The van der Waals surface area contributed by atoms with E-state index >= 15 is 0 Å². The molecule has 220 valence electrons. The van der Waals surface area contributed by atoms with Gasteiger partial charge in [-0.15, -0.1) is 12.6 Å². The Labute approximate surface area is 236 Å². The van der Waals surface area contributed by atoms with E-state index < -0.39 is 39.9 Å². The molecule has 2 heterocycles. The molecule has 3 atom stereocenters. The van der Waals surface area contributed by atoms with Gasteiger partial charge in [0.2, 0.25) is 10.0 Å². The van der Waals surface area contributed by atoms with Crippen LogP contribution in [0.4, 0.5) is 18.9 Å². The Hall–Kier alpha value is -2.36. The van der Waals surface area contributed by atoms with Crippen LogP contribution in [-0.2, 0) is 25.2 Å². The van der Waals surface area contributed by atoms with Gasteiger partial charge in [0.1, 0.15) is 0 Å². The topological polar surface area (TPSA) is 111 Å². The molecule has 2 aliphatic heterocycles. The lowest BCUT2D eigenvalue weighted by Gasteiger charge is -2.46. The highest BCUT2D eigenvalue weighted by Crippen LogP contribution is 2.39. The van der Waals surface area contributed by atoms with Crippen LogP contribution < -0.4 is 4.90 Å². The van der Waals surface area contributed by atoms with Gasteiger partial charge in [0.25, 0.3) is 0 Å². The molecular weight excluding hydrogens is 571 g/mol. The number of nitrogens with zero attached hydrogens (tertiary/aromatic N) is 3. The second-order valence-electron chi connectivity index (χ2n) is 10.1. The molecule has 0 bridgehead atoms. The first-order valence-electron chi connectivity index (χ1n) is 12.7. The number of carboxylic acids is 1. The molecule has 2 fully saturated rings. The van der Waals surface area contributed by atoms with Gasteiger partial charge in [-0.3, -0.25) is 9.69 Å². The molecule has 0 spiro atoms. The van der Waals surface area contributed by atoms with Crippen molar-refractivity contribution in [3.05, 3.63) is 54.1 Å². The van der Waals surface area contributed by atoms with Crippen LogP contribution >= 0.6 is 12.6 Å². The number of halogens is 3. The van der Waals surface area contributed by atoms with Crippen molar-refractivity contribution in [1.82, 2.24) is 9.21 Å². The number of morpholine rings is 1. The minimum Gasteiger partial charge on any atom is -0.481 e. The zero-order valence-electron chi connectivity index (χ0n) is 21.8. The van der Waals surface area contributed by atoms with Crippen LogP contribution in [0.15, 0.2) is 58.3 Å². The van der Waals surface area contributed by atoms with Crippen LogP contribution in [0.3, 0.4) is 0 Å². The monoisotopic (exact) mass is 603 g/mol. The van der Waals surface area contributed by atoms with Crippen molar-refractivity contribution in [2.75, 3.05) is 50.8 Å². The average molecular weight is 604 g/mol. The summed E-state index contributed by atoms with van der Waals surface area (Å²) in [4.78, 5) is 15.7. The minimum absolute atomic E-state index is 0.0591. The number of aliphatic carboxylic acids is 1. The zero-order valence-corrected chi connectivity index (χ0v) is 23.5. The second kappa shape index (κ2) is 11.9. The fourth-order valence-corrected chi connectivity index (χ4v) is 7.14. The van der Waals surface area contributed by atoms with E-state index in [1.807, 2.05) is 9.80 Å². The number of piperazine rings is 1. The Bertz CT molecular complexity index is 1310. The summed E-state index contributed by atoms with van der Waals surface area (Å²) < 4.78 is 74.0. The summed E-state index contributed by atoms with van der Waals surface area (Å²) in [7, 11) is -3.91. The van der Waals surface area contributed by atoms with Crippen molar-refractivity contribution in [3.63, 3.8) is 0 Å². The molecule has 0 aliphatic carbocycles. The maximum atomic E-state index is 13.6. The summed E-state index contributed by atoms with van der Waals surface area (Å²) >= 11 is 4.32. The summed E-state index contributed by atoms with van der Waals surface area (Å²) in [6, 6.07) is 10.9. The van der Waals surface area contributed by atoms with Crippen molar-refractivity contribution in [2.24, 2.45) is 0 Å². The zero-order chi connectivity index (χ0) is 29.3. The third kappa shape index (κ3) is 6.42. The SMILES string of the molecule is C[C@](O)(c1ccc(N2CCN(S(=O)(=O)c3ccccc3S)C[C@@H]2CN2CCOC[C@@H]2CC(=O)O)cc1)C(F)(F)F. The number of benzene rings is 2. The van der Waals surface area contributed by atoms with Crippen LogP contribution in [0.1, 0.15) is 18.9 Å². The summed E-state index contributed by atoms with van der Waals surface area (Å²) in [5, 5.41) is 19.4. The van der Waals surface area contributed by atoms with Gasteiger partial charge in [-0.05, 0) is 36.8 Å². The third-order valence-corrected chi connectivity index (χ3v) is 9.91. The fraction of sp³-hybridized carbons (Fsp3) is 0.500. The first kappa shape index (κ1) is 30.6. The number of hydrogen-bond acceptors (Lipinski definition) is 8. The van der Waals surface area contributed by atoms with Crippen LogP contribution in [0.25, 0.3) is 0 Å². The molecule has 2 N–H and O–H groups in total. The number of ether oxygens (including phenoxy) is 1. The maximum Gasteiger partial charge on any atom is 0.421 e. The average Bonchev–Trinajstić information content (AvgIpc) is 2.89. The van der Waals surface area contributed by atoms with E-state index in [0.717, 1.165) is 0 Å². The molecule has 2 aromatic carbocycles. The van der Waals surface area contributed by atoms with Crippen molar-refractivity contribution >= 4 is 34.3 Å². The molecule has 0 aromatic heterocycles. The molecule has 2 aromatic rings. The predicted molar refractivity (Wildman–Crippen MR) is 144 cm³/mol. The van der Waals surface area contributed by atoms with E-state index in [0.29, 0.717) is 37.2 Å². The molecule has 0 radical (unpaired) electrons. The highest BCUT2D eigenvalue weighted by molar-refractivity contribution is 7.90. The number of carboxylic acid groups (broad SMARTS) is 1. The first-order chi connectivity index (χ1) is 18.7. The highest BCUT2D eigenvalue weighted by Gasteiger charge is 2.51. The quantitative estimate of drug-likeness (QED) is 0.396. The van der Waals surface area contributed by atoms with Crippen LogP contribution in [0.5, 0.6) is 0 Å². The Morgan fingerprint density at radius 3 is 2.38 bits per heavy atom. The Kier molecular flexibility index (Phi) is 9.07. The Morgan fingerprint density at radius 1 is 1.07 bits per heavy atom. The third-order valence-electron chi connectivity index (χ3n) is 7.45. The van der Waals surface area contributed by atoms with Gasteiger partial charge < -0.3 is 19.8 Å². The summed E-state index contributed by atoms with van der Waals surface area (Å²) in [6.45, 7) is 2.46. The van der Waals surface area contributed by atoms with Crippen molar-refractivity contribution in [3.8, 4) is 0 Å². The number of sulfonamides is 1. The lowest BCUT2D eigenvalue weighted by molar-refractivity contribution is -0.258. The highest BCUT2D eigenvalue weighted by atomic mass is 32.2.